The molecule has 0 fully saturated rings. The maximum absolute atomic E-state index is 11.8. The molecule has 1 N–H and O–H groups in total. The molecule has 1 aliphatic heterocycles. The van der Waals surface area contributed by atoms with Gasteiger partial charge in [-0.05, 0) is 37.1 Å². The van der Waals surface area contributed by atoms with E-state index in [9.17, 15) is 4.79 Å². The zero-order valence-corrected chi connectivity index (χ0v) is 12.6. The molecule has 1 aromatic carbocycles. The summed E-state index contributed by atoms with van der Waals surface area (Å²) >= 11 is 0. The lowest BCUT2D eigenvalue weighted by Crippen LogP contribution is -2.34. The van der Waals surface area contributed by atoms with Crippen LogP contribution in [0.25, 0.3) is 0 Å². The molecule has 1 amide bonds. The fourth-order valence-corrected chi connectivity index (χ4v) is 2.95. The Hall–Kier alpha value is -2.23. The fraction of sp³-hybridized carbons (Fsp3) is 0.353. The first kappa shape index (κ1) is 13.7. The molecule has 0 spiro atoms. The van der Waals surface area contributed by atoms with Crippen molar-refractivity contribution in [3.63, 3.8) is 0 Å². The van der Waals surface area contributed by atoms with E-state index in [0.717, 1.165) is 17.9 Å². The van der Waals surface area contributed by atoms with Gasteiger partial charge in [-0.25, -0.2) is 0 Å². The summed E-state index contributed by atoms with van der Waals surface area (Å²) in [4.78, 5) is 13.6. The SMILES string of the molecule is CC(=O)N(C)[C@H]1C[C@@H](c2ccco2)Nc2ccc(C)cc21. The maximum atomic E-state index is 11.8. The zero-order chi connectivity index (χ0) is 15.0. The summed E-state index contributed by atoms with van der Waals surface area (Å²) in [7, 11) is 1.86. The highest BCUT2D eigenvalue weighted by Crippen LogP contribution is 2.41. The Balaban J connectivity index is 2.01. The van der Waals surface area contributed by atoms with Crippen LogP contribution in [-0.4, -0.2) is 17.9 Å². The molecule has 2 aromatic rings. The predicted octanol–water partition coefficient (Wildman–Crippen LogP) is 3.66. The average Bonchev–Trinajstić information content (AvgIpc) is 2.99. The number of amides is 1. The minimum Gasteiger partial charge on any atom is -0.467 e. The molecule has 0 saturated heterocycles. The number of fused-ring (bicyclic) bond motifs is 1. The topological polar surface area (TPSA) is 45.5 Å². The zero-order valence-electron chi connectivity index (χ0n) is 12.6. The van der Waals surface area contributed by atoms with Gasteiger partial charge in [-0.2, -0.15) is 0 Å². The highest BCUT2D eigenvalue weighted by molar-refractivity contribution is 5.74. The Morgan fingerprint density at radius 1 is 1.38 bits per heavy atom. The van der Waals surface area contributed by atoms with E-state index in [1.165, 1.54) is 11.1 Å². The second-order valence-corrected chi connectivity index (χ2v) is 5.68. The van der Waals surface area contributed by atoms with Crippen molar-refractivity contribution in [2.75, 3.05) is 12.4 Å². The van der Waals surface area contributed by atoms with Crippen molar-refractivity contribution in [1.29, 1.82) is 0 Å². The second-order valence-electron chi connectivity index (χ2n) is 5.68. The molecule has 0 radical (unpaired) electrons. The highest BCUT2D eigenvalue weighted by Gasteiger charge is 2.32. The van der Waals surface area contributed by atoms with Crippen molar-refractivity contribution in [3.8, 4) is 0 Å². The Labute approximate surface area is 124 Å². The van der Waals surface area contributed by atoms with E-state index >= 15 is 0 Å². The Morgan fingerprint density at radius 2 is 2.19 bits per heavy atom. The van der Waals surface area contributed by atoms with Crippen LogP contribution in [0, 0.1) is 6.92 Å². The molecule has 21 heavy (non-hydrogen) atoms. The summed E-state index contributed by atoms with van der Waals surface area (Å²) < 4.78 is 5.53. The summed E-state index contributed by atoms with van der Waals surface area (Å²) in [6.07, 6.45) is 2.49. The van der Waals surface area contributed by atoms with E-state index in [0.29, 0.717) is 0 Å². The van der Waals surface area contributed by atoms with E-state index < -0.39 is 0 Å². The second kappa shape index (κ2) is 5.28. The van der Waals surface area contributed by atoms with Crippen LogP contribution in [0.3, 0.4) is 0 Å². The largest absolute Gasteiger partial charge is 0.467 e. The summed E-state index contributed by atoms with van der Waals surface area (Å²) in [6, 6.07) is 10.3. The molecule has 1 aromatic heterocycles. The molecule has 4 nitrogen and oxygen atoms in total. The van der Waals surface area contributed by atoms with Crippen LogP contribution in [0.15, 0.2) is 41.0 Å². The van der Waals surface area contributed by atoms with E-state index in [2.05, 4.69) is 30.4 Å². The van der Waals surface area contributed by atoms with Gasteiger partial charge in [0.1, 0.15) is 5.76 Å². The van der Waals surface area contributed by atoms with Crippen LogP contribution in [0.2, 0.25) is 0 Å². The van der Waals surface area contributed by atoms with Crippen molar-refractivity contribution in [2.24, 2.45) is 0 Å². The first-order valence-corrected chi connectivity index (χ1v) is 7.20. The van der Waals surface area contributed by atoms with Crippen molar-refractivity contribution in [2.45, 2.75) is 32.4 Å². The predicted molar refractivity (Wildman–Crippen MR) is 82.1 cm³/mol. The third kappa shape index (κ3) is 2.53. The maximum Gasteiger partial charge on any atom is 0.219 e. The normalized spacial score (nSPS) is 20.5. The number of nitrogens with one attached hydrogen (secondary N) is 1. The summed E-state index contributed by atoms with van der Waals surface area (Å²) in [5.41, 5.74) is 3.45. The van der Waals surface area contributed by atoms with Crippen molar-refractivity contribution in [3.05, 3.63) is 53.5 Å². The van der Waals surface area contributed by atoms with Crippen LogP contribution < -0.4 is 5.32 Å². The first-order valence-electron chi connectivity index (χ1n) is 7.20. The number of furan rings is 1. The van der Waals surface area contributed by atoms with Crippen LogP contribution in [0.5, 0.6) is 0 Å². The molecule has 0 aliphatic carbocycles. The molecular weight excluding hydrogens is 264 g/mol. The quantitative estimate of drug-likeness (QED) is 0.915. The number of carbonyl (C=O) groups is 1. The van der Waals surface area contributed by atoms with E-state index in [1.54, 1.807) is 13.2 Å². The molecule has 0 saturated carbocycles. The first-order chi connectivity index (χ1) is 10.1. The van der Waals surface area contributed by atoms with Gasteiger partial charge in [0.25, 0.3) is 0 Å². The molecule has 0 bridgehead atoms. The van der Waals surface area contributed by atoms with Gasteiger partial charge >= 0.3 is 0 Å². The van der Waals surface area contributed by atoms with Crippen LogP contribution in [0.4, 0.5) is 5.69 Å². The number of hydrogen-bond acceptors (Lipinski definition) is 3. The number of hydrogen-bond donors (Lipinski definition) is 1. The van der Waals surface area contributed by atoms with Gasteiger partial charge in [0.05, 0.1) is 18.3 Å². The Morgan fingerprint density at radius 3 is 2.86 bits per heavy atom. The number of anilines is 1. The van der Waals surface area contributed by atoms with E-state index in [-0.39, 0.29) is 18.0 Å². The molecule has 110 valence electrons. The van der Waals surface area contributed by atoms with Crippen molar-refractivity contribution >= 4 is 11.6 Å². The highest BCUT2D eigenvalue weighted by atomic mass is 16.3. The van der Waals surface area contributed by atoms with Gasteiger partial charge in [-0.15, -0.1) is 0 Å². The molecule has 3 rings (SSSR count). The summed E-state index contributed by atoms with van der Waals surface area (Å²) in [5, 5.41) is 3.52. The lowest BCUT2D eigenvalue weighted by atomic mass is 9.90. The fourth-order valence-electron chi connectivity index (χ4n) is 2.95. The standard InChI is InChI=1S/C17H20N2O2/c1-11-6-7-14-13(9-11)16(19(3)12(2)20)10-15(18-14)17-5-4-8-21-17/h4-9,15-16,18H,10H2,1-3H3/t15-,16-/m0/s1. The third-order valence-corrected chi connectivity index (χ3v) is 4.21. The van der Waals surface area contributed by atoms with Crippen molar-refractivity contribution in [1.82, 2.24) is 4.90 Å². The number of nitrogens with zero attached hydrogens (tertiary/aromatic N) is 1. The van der Waals surface area contributed by atoms with E-state index in [1.807, 2.05) is 24.1 Å². The van der Waals surface area contributed by atoms with E-state index in [4.69, 9.17) is 4.42 Å². The molecule has 1 aliphatic rings. The van der Waals surface area contributed by atoms with Gasteiger partial charge in [-0.3, -0.25) is 4.79 Å². The molecular formula is C17H20N2O2. The van der Waals surface area contributed by atoms with Gasteiger partial charge in [0.2, 0.25) is 5.91 Å². The van der Waals surface area contributed by atoms with Gasteiger partial charge in [0.15, 0.2) is 0 Å². The monoisotopic (exact) mass is 284 g/mol. The number of aryl methyl sites for hydroxylation is 1. The molecule has 4 heteroatoms. The van der Waals surface area contributed by atoms with Crippen LogP contribution >= 0.6 is 0 Å². The van der Waals surface area contributed by atoms with Gasteiger partial charge in [0, 0.05) is 19.7 Å². The lowest BCUT2D eigenvalue weighted by molar-refractivity contribution is -0.130. The van der Waals surface area contributed by atoms with Crippen LogP contribution in [-0.2, 0) is 4.79 Å². The Bertz CT molecular complexity index is 649. The number of rotatable bonds is 2. The van der Waals surface area contributed by atoms with Crippen LogP contribution in [0.1, 0.15) is 42.3 Å². The smallest absolute Gasteiger partial charge is 0.219 e. The van der Waals surface area contributed by atoms with Gasteiger partial charge in [-0.1, -0.05) is 17.7 Å². The number of carbonyl (C=O) groups excluding carboxylic acids is 1. The van der Waals surface area contributed by atoms with Crippen molar-refractivity contribution < 1.29 is 9.21 Å². The molecule has 0 unspecified atom stereocenters. The third-order valence-electron chi connectivity index (χ3n) is 4.21. The lowest BCUT2D eigenvalue weighted by Gasteiger charge is -2.37. The molecule has 2 heterocycles. The summed E-state index contributed by atoms with van der Waals surface area (Å²) in [6.45, 7) is 3.68. The van der Waals surface area contributed by atoms with Gasteiger partial charge < -0.3 is 14.6 Å². The molecule has 2 atom stereocenters. The minimum absolute atomic E-state index is 0.0637. The average molecular weight is 284 g/mol. The number of benzene rings is 1. The Kier molecular flexibility index (Phi) is 3.45. The summed E-state index contributed by atoms with van der Waals surface area (Å²) in [5.74, 6) is 0.982. The minimum atomic E-state index is 0.0637.